The number of fused-ring (bicyclic) bond motifs is 1. The number of nitrogens with zero attached hydrogens (tertiary/aromatic N) is 3. The summed E-state index contributed by atoms with van der Waals surface area (Å²) in [5.74, 6) is 0.694. The fourth-order valence-electron chi connectivity index (χ4n) is 4.03. The number of hydrogen-bond donors (Lipinski definition) is 1. The van der Waals surface area contributed by atoms with Crippen molar-refractivity contribution in [1.29, 1.82) is 0 Å². The summed E-state index contributed by atoms with van der Waals surface area (Å²) in [6, 6.07) is 14.8. The summed E-state index contributed by atoms with van der Waals surface area (Å²) in [4.78, 5) is 23.0. The zero-order chi connectivity index (χ0) is 22.7. The van der Waals surface area contributed by atoms with Crippen LogP contribution in [0.2, 0.25) is 5.02 Å². The lowest BCUT2D eigenvalue weighted by Gasteiger charge is -2.34. The molecular weight excluding hydrogens is 426 g/mol. The third-order valence-electron chi connectivity index (χ3n) is 5.67. The lowest BCUT2D eigenvalue weighted by Crippen LogP contribution is -2.47. The fraction of sp³-hybridized carbons (Fsp3) is 0.320. The number of hydrogen-bond acceptors (Lipinski definition) is 5. The fourth-order valence-corrected chi connectivity index (χ4v) is 4.15. The quantitative estimate of drug-likeness (QED) is 0.553. The molecule has 0 saturated heterocycles. The normalized spacial score (nSPS) is 14.8. The average Bonchev–Trinajstić information content (AvgIpc) is 2.78. The average molecular weight is 452 g/mol. The van der Waals surface area contributed by atoms with Crippen molar-refractivity contribution in [2.45, 2.75) is 39.5 Å². The molecular formula is C25H26ClN3O3. The number of benzene rings is 2. The van der Waals surface area contributed by atoms with Crippen LogP contribution in [0.1, 0.15) is 30.7 Å². The molecule has 166 valence electrons. The van der Waals surface area contributed by atoms with Crippen LogP contribution in [0.5, 0.6) is 5.75 Å². The Morgan fingerprint density at radius 3 is 2.53 bits per heavy atom. The summed E-state index contributed by atoms with van der Waals surface area (Å²) in [6.45, 7) is 5.59. The van der Waals surface area contributed by atoms with Gasteiger partial charge in [0.15, 0.2) is 5.82 Å². The highest BCUT2D eigenvalue weighted by atomic mass is 35.5. The molecule has 1 atom stereocenters. The number of aliphatic carboxylic acids is 1. The molecule has 6 nitrogen and oxygen atoms in total. The van der Waals surface area contributed by atoms with Crippen LogP contribution in [0.25, 0.3) is 11.4 Å². The minimum atomic E-state index is -0.778. The molecule has 1 N–H and O–H groups in total. The highest BCUT2D eigenvalue weighted by Crippen LogP contribution is 2.25. The first-order valence-corrected chi connectivity index (χ1v) is 11.1. The number of carboxylic acids is 1. The van der Waals surface area contributed by atoms with E-state index in [9.17, 15) is 9.90 Å². The molecule has 1 aliphatic heterocycles. The van der Waals surface area contributed by atoms with Gasteiger partial charge in [0.2, 0.25) is 0 Å². The highest BCUT2D eigenvalue weighted by molar-refractivity contribution is 6.30. The van der Waals surface area contributed by atoms with Gasteiger partial charge >= 0.3 is 5.97 Å². The topological polar surface area (TPSA) is 75.5 Å². The van der Waals surface area contributed by atoms with Gasteiger partial charge in [-0.15, -0.1) is 0 Å². The second-order valence-corrected chi connectivity index (χ2v) is 8.79. The van der Waals surface area contributed by atoms with Gasteiger partial charge in [-0.05, 0) is 47.9 Å². The maximum absolute atomic E-state index is 11.7. The summed E-state index contributed by atoms with van der Waals surface area (Å²) in [5, 5.41) is 10.3. The van der Waals surface area contributed by atoms with Crippen molar-refractivity contribution in [2.24, 2.45) is 5.92 Å². The van der Waals surface area contributed by atoms with Crippen molar-refractivity contribution in [3.05, 3.63) is 76.6 Å². The van der Waals surface area contributed by atoms with Crippen LogP contribution in [0, 0.1) is 5.92 Å². The number of carboxylic acid groups (broad SMARTS) is 1. The molecule has 0 radical (unpaired) electrons. The molecule has 1 aromatic heterocycles. The molecule has 0 spiro atoms. The van der Waals surface area contributed by atoms with Crippen LogP contribution >= 0.6 is 11.6 Å². The van der Waals surface area contributed by atoms with Crippen molar-refractivity contribution in [2.75, 3.05) is 6.54 Å². The molecule has 4 rings (SSSR count). The van der Waals surface area contributed by atoms with E-state index in [1.807, 2.05) is 73.5 Å². The highest BCUT2D eigenvalue weighted by Gasteiger charge is 2.31. The van der Waals surface area contributed by atoms with Crippen molar-refractivity contribution in [1.82, 2.24) is 14.9 Å². The Kier molecular flexibility index (Phi) is 6.72. The molecule has 32 heavy (non-hydrogen) atoms. The minimum Gasteiger partial charge on any atom is -0.489 e. The van der Waals surface area contributed by atoms with Gasteiger partial charge in [0.05, 0.1) is 5.69 Å². The number of rotatable bonds is 7. The first-order valence-electron chi connectivity index (χ1n) is 10.7. The van der Waals surface area contributed by atoms with E-state index in [2.05, 4.69) is 4.98 Å². The summed E-state index contributed by atoms with van der Waals surface area (Å²) in [5.41, 5.74) is 3.95. The zero-order valence-corrected chi connectivity index (χ0v) is 18.9. The standard InChI is InChI=1S/C25H26ClN3O3/c1-16(2)23(25(30)31)29-12-11-22-19(14-29)13-27-24(28-22)18-5-9-21(10-6-18)32-15-17-3-7-20(26)8-4-17/h3-10,13,16,23H,11-12,14-15H2,1-2H3,(H,30,31). The third-order valence-corrected chi connectivity index (χ3v) is 5.92. The molecule has 2 aromatic carbocycles. The van der Waals surface area contributed by atoms with Crippen LogP contribution in [0.3, 0.4) is 0 Å². The molecule has 3 aromatic rings. The molecule has 0 fully saturated rings. The molecule has 0 saturated carbocycles. The van der Waals surface area contributed by atoms with Crippen molar-refractivity contribution in [3.8, 4) is 17.1 Å². The predicted octanol–water partition coefficient (Wildman–Crippen LogP) is 4.84. The van der Waals surface area contributed by atoms with Gasteiger partial charge < -0.3 is 9.84 Å². The second-order valence-electron chi connectivity index (χ2n) is 8.35. The molecule has 0 amide bonds. The first kappa shape index (κ1) is 22.2. The van der Waals surface area contributed by atoms with Crippen LogP contribution in [-0.4, -0.2) is 38.5 Å². The van der Waals surface area contributed by atoms with E-state index in [1.165, 1.54) is 0 Å². The van der Waals surface area contributed by atoms with E-state index in [0.29, 0.717) is 37.0 Å². The number of halogens is 1. The van der Waals surface area contributed by atoms with E-state index < -0.39 is 12.0 Å². The molecule has 7 heteroatoms. The van der Waals surface area contributed by atoms with Gasteiger partial charge in [0.1, 0.15) is 18.4 Å². The summed E-state index contributed by atoms with van der Waals surface area (Å²) >= 11 is 5.92. The predicted molar refractivity (Wildman–Crippen MR) is 124 cm³/mol. The summed E-state index contributed by atoms with van der Waals surface area (Å²) in [6.07, 6.45) is 2.54. The third kappa shape index (κ3) is 5.09. The minimum absolute atomic E-state index is 0.0367. The van der Waals surface area contributed by atoms with Gasteiger partial charge in [0.25, 0.3) is 0 Å². The Bertz CT molecular complexity index is 1080. The Balaban J connectivity index is 1.43. The molecule has 1 unspecified atom stereocenters. The van der Waals surface area contributed by atoms with Crippen molar-refractivity contribution < 1.29 is 14.6 Å². The monoisotopic (exact) mass is 451 g/mol. The molecule has 0 aliphatic carbocycles. The molecule has 1 aliphatic rings. The maximum Gasteiger partial charge on any atom is 0.321 e. The SMILES string of the molecule is CC(C)C(C(=O)O)N1CCc2nc(-c3ccc(OCc4ccc(Cl)cc4)cc3)ncc2C1. The van der Waals surface area contributed by atoms with Crippen LogP contribution < -0.4 is 4.74 Å². The van der Waals surface area contributed by atoms with Gasteiger partial charge in [-0.3, -0.25) is 9.69 Å². The van der Waals surface area contributed by atoms with Crippen molar-refractivity contribution in [3.63, 3.8) is 0 Å². The Morgan fingerprint density at radius 1 is 1.16 bits per heavy atom. The van der Waals surface area contributed by atoms with Gasteiger partial charge in [-0.25, -0.2) is 9.97 Å². The Morgan fingerprint density at radius 2 is 1.88 bits per heavy atom. The van der Waals surface area contributed by atoms with E-state index in [1.54, 1.807) is 0 Å². The lowest BCUT2D eigenvalue weighted by molar-refractivity contribution is -0.145. The lowest BCUT2D eigenvalue weighted by atomic mass is 9.98. The zero-order valence-electron chi connectivity index (χ0n) is 18.2. The first-order chi connectivity index (χ1) is 15.4. The molecule has 2 heterocycles. The smallest absolute Gasteiger partial charge is 0.321 e. The van der Waals surface area contributed by atoms with Gasteiger partial charge in [-0.1, -0.05) is 37.6 Å². The Labute approximate surface area is 192 Å². The van der Waals surface area contributed by atoms with Crippen LogP contribution in [0.4, 0.5) is 0 Å². The van der Waals surface area contributed by atoms with E-state index in [4.69, 9.17) is 21.3 Å². The van der Waals surface area contributed by atoms with Crippen LogP contribution in [-0.2, 0) is 24.4 Å². The van der Waals surface area contributed by atoms with E-state index in [-0.39, 0.29) is 5.92 Å². The molecule has 0 bridgehead atoms. The summed E-state index contributed by atoms with van der Waals surface area (Å²) < 4.78 is 5.85. The summed E-state index contributed by atoms with van der Waals surface area (Å²) in [7, 11) is 0. The van der Waals surface area contributed by atoms with Gasteiger partial charge in [-0.2, -0.15) is 0 Å². The van der Waals surface area contributed by atoms with E-state index in [0.717, 1.165) is 28.1 Å². The van der Waals surface area contributed by atoms with Crippen LogP contribution in [0.15, 0.2) is 54.7 Å². The second kappa shape index (κ2) is 9.67. The van der Waals surface area contributed by atoms with E-state index >= 15 is 0 Å². The van der Waals surface area contributed by atoms with Gasteiger partial charge in [0, 0.05) is 41.9 Å². The Hall–Kier alpha value is -2.96. The number of aromatic nitrogens is 2. The largest absolute Gasteiger partial charge is 0.489 e. The number of ether oxygens (including phenoxy) is 1. The van der Waals surface area contributed by atoms with Crippen molar-refractivity contribution >= 4 is 17.6 Å². The number of carbonyl (C=O) groups is 1. The maximum atomic E-state index is 11.7.